The zero-order chi connectivity index (χ0) is 11.4. The minimum absolute atomic E-state index is 0.162. The van der Waals surface area contributed by atoms with Crippen LogP contribution in [0.3, 0.4) is 0 Å². The Hall–Kier alpha value is -0.590. The summed E-state index contributed by atoms with van der Waals surface area (Å²) in [7, 11) is 0. The highest BCUT2D eigenvalue weighted by Gasteiger charge is 1.90. The van der Waals surface area contributed by atoms with Crippen LogP contribution in [0.4, 0.5) is 0 Å². The Morgan fingerprint density at radius 1 is 0.933 bits per heavy atom. The van der Waals surface area contributed by atoms with Crippen molar-refractivity contribution in [2.75, 3.05) is 0 Å². The van der Waals surface area contributed by atoms with E-state index < -0.39 is 0 Å². The molecule has 0 saturated heterocycles. The lowest BCUT2D eigenvalue weighted by molar-refractivity contribution is -0.112. The minimum atomic E-state index is 0.162. The molecule has 0 aliphatic heterocycles. The van der Waals surface area contributed by atoms with Crippen molar-refractivity contribution in [3.63, 3.8) is 0 Å². The van der Waals surface area contributed by atoms with E-state index >= 15 is 0 Å². The van der Waals surface area contributed by atoms with Crippen LogP contribution in [-0.4, -0.2) is 5.78 Å². The minimum Gasteiger partial charge on any atom is -0.295 e. The Morgan fingerprint density at radius 3 is 2.00 bits per heavy atom. The van der Waals surface area contributed by atoms with Crippen LogP contribution in [0.5, 0.6) is 0 Å². The molecular formula is C14H26O. The van der Waals surface area contributed by atoms with E-state index in [1.54, 1.807) is 13.0 Å². The summed E-state index contributed by atoms with van der Waals surface area (Å²) in [6.45, 7) is 3.85. The molecule has 0 amide bonds. The van der Waals surface area contributed by atoms with Crippen LogP contribution in [0.25, 0.3) is 0 Å². The van der Waals surface area contributed by atoms with Gasteiger partial charge in [-0.05, 0) is 25.8 Å². The largest absolute Gasteiger partial charge is 0.295 e. The highest BCUT2D eigenvalue weighted by molar-refractivity contribution is 5.87. The molecule has 0 aromatic heterocycles. The topological polar surface area (TPSA) is 17.1 Å². The molecule has 0 unspecified atom stereocenters. The Labute approximate surface area is 95.0 Å². The van der Waals surface area contributed by atoms with Crippen LogP contribution in [-0.2, 0) is 4.79 Å². The van der Waals surface area contributed by atoms with Gasteiger partial charge >= 0.3 is 0 Å². The lowest BCUT2D eigenvalue weighted by atomic mass is 10.1. The molecule has 0 radical (unpaired) electrons. The molecule has 0 bridgehead atoms. The molecule has 0 aromatic rings. The van der Waals surface area contributed by atoms with E-state index in [-0.39, 0.29) is 5.78 Å². The van der Waals surface area contributed by atoms with Crippen LogP contribution < -0.4 is 0 Å². The van der Waals surface area contributed by atoms with E-state index in [2.05, 4.69) is 6.92 Å². The second-order valence-corrected chi connectivity index (χ2v) is 4.28. The molecule has 0 aromatic carbocycles. The van der Waals surface area contributed by atoms with Gasteiger partial charge in [0.1, 0.15) is 0 Å². The van der Waals surface area contributed by atoms with Crippen LogP contribution in [0.15, 0.2) is 12.2 Å². The van der Waals surface area contributed by atoms with Crippen molar-refractivity contribution >= 4 is 5.78 Å². The molecule has 0 atom stereocenters. The summed E-state index contributed by atoms with van der Waals surface area (Å²) >= 11 is 0. The van der Waals surface area contributed by atoms with Crippen LogP contribution in [0, 0.1) is 0 Å². The van der Waals surface area contributed by atoms with Crippen molar-refractivity contribution < 1.29 is 4.79 Å². The molecule has 0 N–H and O–H groups in total. The molecule has 0 aliphatic rings. The van der Waals surface area contributed by atoms with Crippen LogP contribution in [0.1, 0.15) is 71.6 Å². The van der Waals surface area contributed by atoms with Gasteiger partial charge in [-0.2, -0.15) is 0 Å². The molecule has 0 aliphatic carbocycles. The number of carbonyl (C=O) groups excluding carboxylic acids is 1. The molecule has 0 heterocycles. The predicted octanol–water partition coefficient (Wildman–Crippen LogP) is 4.66. The smallest absolute Gasteiger partial charge is 0.152 e. The molecule has 0 fully saturated rings. The SMILES string of the molecule is CCCCCCCCCC/C=C/C(C)=O. The summed E-state index contributed by atoms with van der Waals surface area (Å²) in [4.78, 5) is 10.6. The van der Waals surface area contributed by atoms with Gasteiger partial charge in [0.05, 0.1) is 0 Å². The number of unbranched alkanes of at least 4 members (excludes halogenated alkanes) is 8. The lowest BCUT2D eigenvalue weighted by Gasteiger charge is -1.99. The number of rotatable bonds is 10. The van der Waals surface area contributed by atoms with E-state index in [1.165, 1.54) is 51.4 Å². The molecule has 0 rings (SSSR count). The monoisotopic (exact) mass is 210 g/mol. The summed E-state index contributed by atoms with van der Waals surface area (Å²) in [6.07, 6.45) is 15.6. The van der Waals surface area contributed by atoms with Gasteiger partial charge in [0.25, 0.3) is 0 Å². The number of ketones is 1. The van der Waals surface area contributed by atoms with Crippen LogP contribution in [0.2, 0.25) is 0 Å². The first kappa shape index (κ1) is 14.4. The fourth-order valence-electron chi connectivity index (χ4n) is 1.65. The quantitative estimate of drug-likeness (QED) is 0.378. The standard InChI is InChI=1S/C14H26O/c1-3-4-5-6-7-8-9-10-11-12-13-14(2)15/h12-13H,3-11H2,1-2H3/b13-12+. The molecular weight excluding hydrogens is 184 g/mol. The first-order chi connectivity index (χ1) is 7.27. The maximum absolute atomic E-state index is 10.6. The van der Waals surface area contributed by atoms with E-state index in [1.807, 2.05) is 6.08 Å². The van der Waals surface area contributed by atoms with Gasteiger partial charge in [-0.3, -0.25) is 4.79 Å². The Kier molecular flexibility index (Phi) is 11.0. The summed E-state index contributed by atoms with van der Waals surface area (Å²) in [5.41, 5.74) is 0. The average molecular weight is 210 g/mol. The third kappa shape index (κ3) is 13.4. The Balaban J connectivity index is 3.02. The van der Waals surface area contributed by atoms with Crippen LogP contribution >= 0.6 is 0 Å². The number of allylic oxidation sites excluding steroid dienone is 2. The number of hydrogen-bond donors (Lipinski definition) is 0. The van der Waals surface area contributed by atoms with Gasteiger partial charge in [0, 0.05) is 0 Å². The maximum Gasteiger partial charge on any atom is 0.152 e. The molecule has 0 saturated carbocycles. The summed E-state index contributed by atoms with van der Waals surface area (Å²) in [5.74, 6) is 0.162. The van der Waals surface area contributed by atoms with E-state index in [0.717, 1.165) is 6.42 Å². The second-order valence-electron chi connectivity index (χ2n) is 4.28. The third-order valence-electron chi connectivity index (χ3n) is 2.58. The Morgan fingerprint density at radius 2 is 1.47 bits per heavy atom. The zero-order valence-corrected chi connectivity index (χ0v) is 10.4. The highest BCUT2D eigenvalue weighted by atomic mass is 16.1. The lowest BCUT2D eigenvalue weighted by Crippen LogP contribution is -1.81. The first-order valence-corrected chi connectivity index (χ1v) is 6.44. The van der Waals surface area contributed by atoms with Crippen molar-refractivity contribution in [1.82, 2.24) is 0 Å². The fourth-order valence-corrected chi connectivity index (χ4v) is 1.65. The molecule has 15 heavy (non-hydrogen) atoms. The van der Waals surface area contributed by atoms with E-state index in [9.17, 15) is 4.79 Å². The second kappa shape index (κ2) is 11.5. The zero-order valence-electron chi connectivity index (χ0n) is 10.4. The van der Waals surface area contributed by atoms with Gasteiger partial charge in [0.2, 0.25) is 0 Å². The van der Waals surface area contributed by atoms with Gasteiger partial charge < -0.3 is 0 Å². The highest BCUT2D eigenvalue weighted by Crippen LogP contribution is 2.09. The fraction of sp³-hybridized carbons (Fsp3) is 0.786. The van der Waals surface area contributed by atoms with Crippen molar-refractivity contribution in [1.29, 1.82) is 0 Å². The third-order valence-corrected chi connectivity index (χ3v) is 2.58. The normalized spacial score (nSPS) is 11.1. The summed E-state index contributed by atoms with van der Waals surface area (Å²) < 4.78 is 0. The first-order valence-electron chi connectivity index (χ1n) is 6.44. The van der Waals surface area contributed by atoms with Crippen molar-refractivity contribution in [2.45, 2.75) is 71.6 Å². The van der Waals surface area contributed by atoms with Gasteiger partial charge in [-0.15, -0.1) is 0 Å². The molecule has 0 spiro atoms. The molecule has 1 heteroatoms. The Bertz CT molecular complexity index is 170. The molecule has 1 nitrogen and oxygen atoms in total. The molecule has 88 valence electrons. The van der Waals surface area contributed by atoms with Gasteiger partial charge in [0.15, 0.2) is 5.78 Å². The predicted molar refractivity (Wildman–Crippen MR) is 67.0 cm³/mol. The van der Waals surface area contributed by atoms with E-state index in [4.69, 9.17) is 0 Å². The maximum atomic E-state index is 10.6. The van der Waals surface area contributed by atoms with Gasteiger partial charge in [-0.1, -0.05) is 57.9 Å². The number of hydrogen-bond acceptors (Lipinski definition) is 1. The number of carbonyl (C=O) groups is 1. The summed E-state index contributed by atoms with van der Waals surface area (Å²) in [5, 5.41) is 0. The summed E-state index contributed by atoms with van der Waals surface area (Å²) in [6, 6.07) is 0. The van der Waals surface area contributed by atoms with Crippen molar-refractivity contribution in [3.05, 3.63) is 12.2 Å². The van der Waals surface area contributed by atoms with Gasteiger partial charge in [-0.25, -0.2) is 0 Å². The van der Waals surface area contributed by atoms with Crippen molar-refractivity contribution in [3.8, 4) is 0 Å². The average Bonchev–Trinajstić information content (AvgIpc) is 2.20. The van der Waals surface area contributed by atoms with E-state index in [0.29, 0.717) is 0 Å². The van der Waals surface area contributed by atoms with Crippen molar-refractivity contribution in [2.24, 2.45) is 0 Å².